The van der Waals surface area contributed by atoms with E-state index in [2.05, 4.69) is 19.2 Å². The predicted octanol–water partition coefficient (Wildman–Crippen LogP) is 4.15. The van der Waals surface area contributed by atoms with Crippen LogP contribution in [0.15, 0.2) is 0 Å². The van der Waals surface area contributed by atoms with Gasteiger partial charge in [-0.2, -0.15) is 0 Å². The molecule has 1 amide bonds. The highest BCUT2D eigenvalue weighted by Crippen LogP contribution is 2.11. The van der Waals surface area contributed by atoms with E-state index in [-0.39, 0.29) is 11.4 Å². The summed E-state index contributed by atoms with van der Waals surface area (Å²) in [5.74, 6) is 0.155. The van der Waals surface area contributed by atoms with Crippen molar-refractivity contribution in [2.24, 2.45) is 5.73 Å². The topological polar surface area (TPSA) is 55.1 Å². The van der Waals surface area contributed by atoms with Gasteiger partial charge in [0.25, 0.3) is 0 Å². The van der Waals surface area contributed by atoms with Gasteiger partial charge >= 0.3 is 0 Å². The number of nitrogens with one attached hydrogen (secondary N) is 1. The van der Waals surface area contributed by atoms with Crippen molar-refractivity contribution in [1.82, 2.24) is 5.32 Å². The number of carbonyl (C=O) groups excluding carboxylic acids is 1. The standard InChI is InChI=1S/C17H36N2O/c1-4-6-7-8-9-10-11-12-13-14-16(20)19-17(3,5-2)15-18/h4-15,18H2,1-3H3,(H,19,20). The third kappa shape index (κ3) is 10.2. The Hall–Kier alpha value is -0.570. The molecule has 0 aliphatic rings. The third-order valence-electron chi connectivity index (χ3n) is 4.18. The number of rotatable bonds is 13. The molecule has 0 fully saturated rings. The molecule has 1 unspecified atom stereocenters. The lowest BCUT2D eigenvalue weighted by atomic mass is 9.98. The van der Waals surface area contributed by atoms with Crippen LogP contribution >= 0.6 is 0 Å². The van der Waals surface area contributed by atoms with E-state index >= 15 is 0 Å². The average molecular weight is 284 g/mol. The Labute approximate surface area is 126 Å². The summed E-state index contributed by atoms with van der Waals surface area (Å²) in [6.07, 6.45) is 13.1. The van der Waals surface area contributed by atoms with Gasteiger partial charge < -0.3 is 11.1 Å². The molecule has 0 aromatic heterocycles. The maximum Gasteiger partial charge on any atom is 0.220 e. The average Bonchev–Trinajstić information content (AvgIpc) is 2.45. The first-order chi connectivity index (χ1) is 9.58. The third-order valence-corrected chi connectivity index (χ3v) is 4.18. The van der Waals surface area contributed by atoms with E-state index in [4.69, 9.17) is 5.73 Å². The van der Waals surface area contributed by atoms with Crippen LogP contribution in [0.25, 0.3) is 0 Å². The number of unbranched alkanes of at least 4 members (excludes halogenated alkanes) is 8. The SMILES string of the molecule is CCCCCCCCCCCC(=O)NC(C)(CC)CN. The quantitative estimate of drug-likeness (QED) is 0.499. The van der Waals surface area contributed by atoms with E-state index in [1.54, 1.807) is 0 Å². The molecule has 1 atom stereocenters. The summed E-state index contributed by atoms with van der Waals surface area (Å²) in [7, 11) is 0. The monoisotopic (exact) mass is 284 g/mol. The minimum Gasteiger partial charge on any atom is -0.350 e. The lowest BCUT2D eigenvalue weighted by Gasteiger charge is -2.27. The summed E-state index contributed by atoms with van der Waals surface area (Å²) in [5.41, 5.74) is 5.47. The summed E-state index contributed by atoms with van der Waals surface area (Å²) < 4.78 is 0. The van der Waals surface area contributed by atoms with Crippen molar-refractivity contribution >= 4 is 5.91 Å². The van der Waals surface area contributed by atoms with E-state index < -0.39 is 0 Å². The van der Waals surface area contributed by atoms with Gasteiger partial charge in [-0.15, -0.1) is 0 Å². The second-order valence-electron chi connectivity index (χ2n) is 6.24. The molecule has 0 heterocycles. The number of amides is 1. The van der Waals surface area contributed by atoms with Gasteiger partial charge in [0.2, 0.25) is 5.91 Å². The first-order valence-corrected chi connectivity index (χ1v) is 8.59. The van der Waals surface area contributed by atoms with Crippen LogP contribution in [0.1, 0.15) is 91.4 Å². The van der Waals surface area contributed by atoms with Crippen molar-refractivity contribution in [3.8, 4) is 0 Å². The zero-order valence-electron chi connectivity index (χ0n) is 14.0. The van der Waals surface area contributed by atoms with E-state index in [0.717, 1.165) is 12.8 Å². The molecule has 0 rings (SSSR count). The van der Waals surface area contributed by atoms with Gasteiger partial charge in [-0.1, -0.05) is 65.2 Å². The number of carbonyl (C=O) groups is 1. The molecule has 3 heteroatoms. The molecule has 0 bridgehead atoms. The zero-order valence-corrected chi connectivity index (χ0v) is 14.0. The summed E-state index contributed by atoms with van der Waals surface area (Å²) >= 11 is 0. The molecule has 3 N–H and O–H groups in total. The predicted molar refractivity (Wildman–Crippen MR) is 87.7 cm³/mol. The largest absolute Gasteiger partial charge is 0.350 e. The van der Waals surface area contributed by atoms with Gasteiger partial charge in [0.15, 0.2) is 0 Å². The molecule has 0 aliphatic carbocycles. The fourth-order valence-corrected chi connectivity index (χ4v) is 2.28. The van der Waals surface area contributed by atoms with Gasteiger partial charge in [-0.3, -0.25) is 4.79 Å². The first kappa shape index (κ1) is 19.4. The highest BCUT2D eigenvalue weighted by atomic mass is 16.1. The molecule has 3 nitrogen and oxygen atoms in total. The van der Waals surface area contributed by atoms with Crippen LogP contribution in [-0.4, -0.2) is 18.0 Å². The molecule has 0 spiro atoms. The van der Waals surface area contributed by atoms with E-state index in [0.29, 0.717) is 13.0 Å². The van der Waals surface area contributed by atoms with Crippen LogP contribution in [0.5, 0.6) is 0 Å². The van der Waals surface area contributed by atoms with Gasteiger partial charge in [0, 0.05) is 18.5 Å². The molecular weight excluding hydrogens is 248 g/mol. The molecule has 0 saturated heterocycles. The smallest absolute Gasteiger partial charge is 0.220 e. The Bertz CT molecular complexity index is 237. The van der Waals surface area contributed by atoms with Crippen molar-refractivity contribution in [2.45, 2.75) is 96.9 Å². The number of hydrogen-bond donors (Lipinski definition) is 2. The van der Waals surface area contributed by atoms with Crippen molar-refractivity contribution in [2.75, 3.05) is 6.54 Å². The molecule has 0 radical (unpaired) electrons. The lowest BCUT2D eigenvalue weighted by Crippen LogP contribution is -2.50. The highest BCUT2D eigenvalue weighted by Gasteiger charge is 2.21. The van der Waals surface area contributed by atoms with Gasteiger partial charge in [0.05, 0.1) is 0 Å². The number of nitrogens with two attached hydrogens (primary N) is 1. The minimum absolute atomic E-state index is 0.155. The zero-order chi connectivity index (χ0) is 15.3. The second-order valence-corrected chi connectivity index (χ2v) is 6.24. The molecule has 0 saturated carbocycles. The number of hydrogen-bond acceptors (Lipinski definition) is 2. The van der Waals surface area contributed by atoms with Crippen LogP contribution in [0.4, 0.5) is 0 Å². The fraction of sp³-hybridized carbons (Fsp3) is 0.941. The van der Waals surface area contributed by atoms with Gasteiger partial charge in [-0.05, 0) is 19.8 Å². The van der Waals surface area contributed by atoms with Crippen LogP contribution in [0, 0.1) is 0 Å². The van der Waals surface area contributed by atoms with Crippen molar-refractivity contribution in [3.05, 3.63) is 0 Å². The summed E-state index contributed by atoms with van der Waals surface area (Å²) in [4.78, 5) is 11.8. The Morgan fingerprint density at radius 1 is 0.950 bits per heavy atom. The Balaban J connectivity index is 3.44. The Kier molecular flexibility index (Phi) is 11.8. The molecular formula is C17H36N2O. The second kappa shape index (κ2) is 12.2. The molecule has 0 aromatic rings. The molecule has 120 valence electrons. The van der Waals surface area contributed by atoms with Crippen molar-refractivity contribution in [1.29, 1.82) is 0 Å². The normalized spacial score (nSPS) is 14.0. The van der Waals surface area contributed by atoms with Crippen LogP contribution in [0.2, 0.25) is 0 Å². The maximum atomic E-state index is 11.8. The minimum atomic E-state index is -0.226. The van der Waals surface area contributed by atoms with Gasteiger partial charge in [0.1, 0.15) is 0 Å². The lowest BCUT2D eigenvalue weighted by molar-refractivity contribution is -0.122. The summed E-state index contributed by atoms with van der Waals surface area (Å²) in [5, 5.41) is 3.05. The fourth-order valence-electron chi connectivity index (χ4n) is 2.28. The van der Waals surface area contributed by atoms with Crippen molar-refractivity contribution in [3.63, 3.8) is 0 Å². The Morgan fingerprint density at radius 3 is 1.90 bits per heavy atom. The van der Waals surface area contributed by atoms with Crippen LogP contribution in [0.3, 0.4) is 0 Å². The summed E-state index contributed by atoms with van der Waals surface area (Å²) in [6.45, 7) is 6.83. The van der Waals surface area contributed by atoms with Crippen LogP contribution in [-0.2, 0) is 4.79 Å². The molecule has 20 heavy (non-hydrogen) atoms. The molecule has 0 aliphatic heterocycles. The van der Waals surface area contributed by atoms with Crippen LogP contribution < -0.4 is 11.1 Å². The van der Waals surface area contributed by atoms with E-state index in [9.17, 15) is 4.79 Å². The van der Waals surface area contributed by atoms with E-state index in [1.165, 1.54) is 51.4 Å². The van der Waals surface area contributed by atoms with Gasteiger partial charge in [-0.25, -0.2) is 0 Å². The highest BCUT2D eigenvalue weighted by molar-refractivity contribution is 5.76. The first-order valence-electron chi connectivity index (χ1n) is 8.59. The molecule has 0 aromatic carbocycles. The van der Waals surface area contributed by atoms with E-state index in [1.807, 2.05) is 6.92 Å². The maximum absolute atomic E-state index is 11.8. The summed E-state index contributed by atoms with van der Waals surface area (Å²) in [6, 6.07) is 0. The Morgan fingerprint density at radius 2 is 1.45 bits per heavy atom. The van der Waals surface area contributed by atoms with Crippen molar-refractivity contribution < 1.29 is 4.79 Å².